The van der Waals surface area contributed by atoms with Gasteiger partial charge in [0.1, 0.15) is 22.8 Å². The van der Waals surface area contributed by atoms with Gasteiger partial charge in [-0.1, -0.05) is 0 Å². The number of likely N-dealkylation sites (tertiary alicyclic amines) is 1. The van der Waals surface area contributed by atoms with Gasteiger partial charge in [-0.15, -0.1) is 0 Å². The van der Waals surface area contributed by atoms with Gasteiger partial charge in [-0.3, -0.25) is 0 Å². The molecule has 1 aliphatic heterocycles. The molecule has 2 rings (SSSR count). The van der Waals surface area contributed by atoms with Crippen LogP contribution in [0.5, 0.6) is 0 Å². The van der Waals surface area contributed by atoms with Gasteiger partial charge < -0.3 is 14.7 Å². The van der Waals surface area contributed by atoms with Crippen LogP contribution in [0.25, 0.3) is 0 Å². The molecule has 0 spiro atoms. The van der Waals surface area contributed by atoms with E-state index >= 15 is 0 Å². The van der Waals surface area contributed by atoms with E-state index in [0.29, 0.717) is 5.56 Å². The number of carbonyl (C=O) groups is 1. The molecule has 4 nitrogen and oxygen atoms in total. The first-order valence-corrected chi connectivity index (χ1v) is 6.68. The average Bonchev–Trinajstić information content (AvgIpc) is 2.21. The van der Waals surface area contributed by atoms with Crippen molar-refractivity contribution in [3.63, 3.8) is 0 Å². The summed E-state index contributed by atoms with van der Waals surface area (Å²) in [4.78, 5) is 13.0. The lowest BCUT2D eigenvalue weighted by Crippen LogP contribution is -2.62. The minimum absolute atomic E-state index is 0.196. The van der Waals surface area contributed by atoms with Gasteiger partial charge in [0.25, 0.3) is 0 Å². The van der Waals surface area contributed by atoms with Crippen LogP contribution in [-0.2, 0) is 10.3 Å². The normalized spacial score (nSPS) is 17.4. The van der Waals surface area contributed by atoms with E-state index in [2.05, 4.69) is 0 Å². The maximum absolute atomic E-state index is 13.9. The van der Waals surface area contributed by atoms with Crippen molar-refractivity contribution in [3.8, 4) is 0 Å². The number of hydrogen-bond acceptors (Lipinski definition) is 3. The zero-order valence-electron chi connectivity index (χ0n) is 12.5. The van der Waals surface area contributed by atoms with Gasteiger partial charge in [0.05, 0.1) is 18.7 Å². The summed E-state index contributed by atoms with van der Waals surface area (Å²) in [6.07, 6.45) is -0.611. The molecule has 0 aliphatic carbocycles. The van der Waals surface area contributed by atoms with Crippen molar-refractivity contribution >= 4 is 6.09 Å². The number of hydrogen-bond donors (Lipinski definition) is 1. The molecule has 6 heteroatoms. The van der Waals surface area contributed by atoms with E-state index in [1.54, 1.807) is 27.7 Å². The number of halogens is 2. The second-order valence-electron chi connectivity index (χ2n) is 6.47. The minimum Gasteiger partial charge on any atom is -0.444 e. The highest BCUT2D eigenvalue weighted by molar-refractivity contribution is 5.70. The van der Waals surface area contributed by atoms with E-state index in [0.717, 1.165) is 12.1 Å². The number of aliphatic hydroxyl groups is 1. The summed E-state index contributed by atoms with van der Waals surface area (Å²) in [5.74, 6) is -1.61. The molecule has 1 aromatic rings. The summed E-state index contributed by atoms with van der Waals surface area (Å²) >= 11 is 0. The lowest BCUT2D eigenvalue weighted by atomic mass is 9.85. The molecule has 0 unspecified atom stereocenters. The third-order valence-electron chi connectivity index (χ3n) is 3.21. The van der Waals surface area contributed by atoms with E-state index < -0.39 is 34.5 Å². The Morgan fingerprint density at radius 3 is 2.19 bits per heavy atom. The molecular formula is C15H19F2NO3. The first-order valence-electron chi connectivity index (χ1n) is 6.68. The number of ether oxygens (including phenoxy) is 1. The van der Waals surface area contributed by atoms with Crippen molar-refractivity contribution < 1.29 is 23.4 Å². The second kappa shape index (κ2) is 4.94. The maximum Gasteiger partial charge on any atom is 0.410 e. The Balaban J connectivity index is 2.14. The molecule has 1 saturated heterocycles. The summed E-state index contributed by atoms with van der Waals surface area (Å²) in [5.41, 5.74) is -2.34. The fraction of sp³-hybridized carbons (Fsp3) is 0.533. The van der Waals surface area contributed by atoms with Crippen LogP contribution >= 0.6 is 0 Å². The molecule has 0 radical (unpaired) electrons. The van der Waals surface area contributed by atoms with E-state index in [4.69, 9.17) is 4.74 Å². The van der Waals surface area contributed by atoms with Crippen LogP contribution in [0.15, 0.2) is 12.1 Å². The topological polar surface area (TPSA) is 49.8 Å². The number of rotatable bonds is 1. The lowest BCUT2D eigenvalue weighted by Gasteiger charge is -2.46. The molecule has 1 aliphatic rings. The minimum atomic E-state index is -1.71. The van der Waals surface area contributed by atoms with Crippen LogP contribution in [0, 0.1) is 18.6 Å². The van der Waals surface area contributed by atoms with Crippen molar-refractivity contribution in [2.75, 3.05) is 13.1 Å². The van der Waals surface area contributed by atoms with E-state index in [1.807, 2.05) is 0 Å². The third kappa shape index (κ3) is 3.15. The molecule has 1 aromatic carbocycles. The molecule has 1 fully saturated rings. The smallest absolute Gasteiger partial charge is 0.410 e. The summed E-state index contributed by atoms with van der Waals surface area (Å²) in [5, 5.41) is 10.3. The zero-order valence-corrected chi connectivity index (χ0v) is 12.5. The van der Waals surface area contributed by atoms with Gasteiger partial charge in [-0.05, 0) is 45.4 Å². The molecule has 116 valence electrons. The molecule has 0 aromatic heterocycles. The fourth-order valence-corrected chi connectivity index (χ4v) is 2.34. The van der Waals surface area contributed by atoms with Gasteiger partial charge in [0.2, 0.25) is 0 Å². The molecular weight excluding hydrogens is 280 g/mol. The Labute approximate surface area is 122 Å². The first-order chi connectivity index (χ1) is 9.52. The summed E-state index contributed by atoms with van der Waals surface area (Å²) in [7, 11) is 0. The van der Waals surface area contributed by atoms with Gasteiger partial charge in [-0.25, -0.2) is 13.6 Å². The number of amides is 1. The first kappa shape index (κ1) is 15.7. The van der Waals surface area contributed by atoms with Crippen molar-refractivity contribution in [2.24, 2.45) is 0 Å². The van der Waals surface area contributed by atoms with E-state index in [-0.39, 0.29) is 13.1 Å². The highest BCUT2D eigenvalue weighted by Crippen LogP contribution is 2.36. The quantitative estimate of drug-likeness (QED) is 0.867. The molecule has 21 heavy (non-hydrogen) atoms. The molecule has 1 N–H and O–H groups in total. The number of carbonyl (C=O) groups excluding carboxylic acids is 1. The SMILES string of the molecule is Cc1cc(F)c(C2(O)CN(C(=O)OC(C)(C)C)C2)c(F)c1. The number of β-amino-alcohol motifs (C(OH)–C–C–N with tert-alkyl or cyclic N) is 1. The largest absolute Gasteiger partial charge is 0.444 e. The van der Waals surface area contributed by atoms with E-state index in [9.17, 15) is 18.7 Å². The third-order valence-corrected chi connectivity index (χ3v) is 3.21. The maximum atomic E-state index is 13.9. The summed E-state index contributed by atoms with van der Waals surface area (Å²) < 4.78 is 32.9. The Bertz CT molecular complexity index is 552. The standard InChI is InChI=1S/C15H19F2NO3/c1-9-5-10(16)12(11(17)6-9)15(20)7-18(8-15)13(19)21-14(2,3)4/h5-6,20H,7-8H2,1-4H3. The van der Waals surface area contributed by atoms with Crippen molar-refractivity contribution in [2.45, 2.75) is 38.9 Å². The predicted octanol–water partition coefficient (Wildman–Crippen LogP) is 2.71. The van der Waals surface area contributed by atoms with Gasteiger partial charge in [0, 0.05) is 0 Å². The average molecular weight is 299 g/mol. The van der Waals surface area contributed by atoms with E-state index in [1.165, 1.54) is 4.90 Å². The molecule has 1 amide bonds. The summed E-state index contributed by atoms with van der Waals surface area (Å²) in [6, 6.07) is 2.32. The molecule has 0 atom stereocenters. The van der Waals surface area contributed by atoms with Crippen LogP contribution < -0.4 is 0 Å². The zero-order chi connectivity index (χ0) is 16.0. The number of benzene rings is 1. The molecule has 0 saturated carbocycles. The molecule has 1 heterocycles. The predicted molar refractivity (Wildman–Crippen MR) is 72.8 cm³/mol. The second-order valence-corrected chi connectivity index (χ2v) is 6.47. The van der Waals surface area contributed by atoms with Crippen LogP contribution in [-0.4, -0.2) is 34.8 Å². The van der Waals surface area contributed by atoms with Crippen LogP contribution in [0.3, 0.4) is 0 Å². The van der Waals surface area contributed by atoms with Gasteiger partial charge in [0.15, 0.2) is 0 Å². The number of aryl methyl sites for hydroxylation is 1. The molecule has 0 bridgehead atoms. The monoisotopic (exact) mass is 299 g/mol. The van der Waals surface area contributed by atoms with Crippen molar-refractivity contribution in [1.82, 2.24) is 4.90 Å². The number of nitrogens with zero attached hydrogens (tertiary/aromatic N) is 1. The van der Waals surface area contributed by atoms with Crippen LogP contribution in [0.2, 0.25) is 0 Å². The van der Waals surface area contributed by atoms with Crippen molar-refractivity contribution in [3.05, 3.63) is 34.9 Å². The van der Waals surface area contributed by atoms with Crippen LogP contribution in [0.4, 0.5) is 13.6 Å². The van der Waals surface area contributed by atoms with Crippen molar-refractivity contribution in [1.29, 1.82) is 0 Å². The Morgan fingerprint density at radius 2 is 1.76 bits per heavy atom. The van der Waals surface area contributed by atoms with Gasteiger partial charge in [-0.2, -0.15) is 0 Å². The highest BCUT2D eigenvalue weighted by Gasteiger charge is 2.49. The Kier molecular flexibility index (Phi) is 3.70. The fourth-order valence-electron chi connectivity index (χ4n) is 2.34. The highest BCUT2D eigenvalue weighted by atomic mass is 19.1. The Morgan fingerprint density at radius 1 is 1.29 bits per heavy atom. The lowest BCUT2D eigenvalue weighted by molar-refractivity contribution is -0.107. The Hall–Kier alpha value is -1.69. The van der Waals surface area contributed by atoms with Gasteiger partial charge >= 0.3 is 6.09 Å². The van der Waals surface area contributed by atoms with Crippen LogP contribution in [0.1, 0.15) is 31.9 Å². The summed E-state index contributed by atoms with van der Waals surface area (Å²) in [6.45, 7) is 6.33.